The lowest BCUT2D eigenvalue weighted by Crippen LogP contribution is -2.41. The third kappa shape index (κ3) is 3.80. The number of ether oxygens (including phenoxy) is 1. The Bertz CT molecular complexity index is 558. The molecule has 1 aromatic rings. The van der Waals surface area contributed by atoms with Crippen molar-refractivity contribution in [3.05, 3.63) is 35.9 Å². The van der Waals surface area contributed by atoms with E-state index in [1.54, 1.807) is 0 Å². The SMILES string of the molecule is O=C(COC(=O)C1(c2ccccc2)CCCC1)NC1CCCCC1. The molecule has 130 valence electrons. The zero-order valence-corrected chi connectivity index (χ0v) is 14.3. The van der Waals surface area contributed by atoms with Gasteiger partial charge in [0.1, 0.15) is 0 Å². The van der Waals surface area contributed by atoms with Crippen LogP contribution in [-0.4, -0.2) is 24.5 Å². The largest absolute Gasteiger partial charge is 0.455 e. The van der Waals surface area contributed by atoms with E-state index in [-0.39, 0.29) is 24.5 Å². The molecule has 1 aromatic carbocycles. The van der Waals surface area contributed by atoms with Crippen molar-refractivity contribution in [2.24, 2.45) is 0 Å². The summed E-state index contributed by atoms with van der Waals surface area (Å²) in [6.07, 6.45) is 9.32. The van der Waals surface area contributed by atoms with E-state index in [0.29, 0.717) is 0 Å². The van der Waals surface area contributed by atoms with Crippen LogP contribution in [-0.2, 0) is 19.7 Å². The van der Waals surface area contributed by atoms with Crippen LogP contribution in [0.4, 0.5) is 0 Å². The molecular weight excluding hydrogens is 302 g/mol. The summed E-state index contributed by atoms with van der Waals surface area (Å²) in [5, 5.41) is 3.00. The summed E-state index contributed by atoms with van der Waals surface area (Å²) in [6, 6.07) is 10.1. The van der Waals surface area contributed by atoms with Gasteiger partial charge in [0.2, 0.25) is 0 Å². The lowest BCUT2D eigenvalue weighted by Gasteiger charge is -2.27. The molecule has 4 heteroatoms. The van der Waals surface area contributed by atoms with Crippen LogP contribution in [0.15, 0.2) is 30.3 Å². The summed E-state index contributed by atoms with van der Waals surface area (Å²) in [5.74, 6) is -0.415. The minimum atomic E-state index is -0.563. The molecule has 0 heterocycles. The molecule has 2 fully saturated rings. The number of carbonyl (C=O) groups excluding carboxylic acids is 2. The lowest BCUT2D eigenvalue weighted by atomic mass is 9.79. The summed E-state index contributed by atoms with van der Waals surface area (Å²) in [7, 11) is 0. The van der Waals surface area contributed by atoms with Crippen molar-refractivity contribution in [2.75, 3.05) is 6.61 Å². The second kappa shape index (κ2) is 7.82. The van der Waals surface area contributed by atoms with Gasteiger partial charge in [0.25, 0.3) is 5.91 Å². The highest BCUT2D eigenvalue weighted by atomic mass is 16.5. The summed E-state index contributed by atoms with van der Waals surface area (Å²) in [5.41, 5.74) is 0.451. The van der Waals surface area contributed by atoms with E-state index < -0.39 is 5.41 Å². The molecule has 2 aliphatic rings. The smallest absolute Gasteiger partial charge is 0.317 e. The molecule has 0 bridgehead atoms. The van der Waals surface area contributed by atoms with Crippen molar-refractivity contribution < 1.29 is 14.3 Å². The molecule has 0 aromatic heterocycles. The molecule has 2 saturated carbocycles. The van der Waals surface area contributed by atoms with Crippen molar-refractivity contribution in [3.8, 4) is 0 Å². The summed E-state index contributed by atoms with van der Waals surface area (Å²) < 4.78 is 5.44. The number of benzene rings is 1. The standard InChI is InChI=1S/C20H27NO3/c22-18(21-17-11-5-2-6-12-17)15-24-19(23)20(13-7-8-14-20)16-9-3-1-4-10-16/h1,3-4,9-10,17H,2,5-8,11-15H2,(H,21,22). The van der Waals surface area contributed by atoms with Crippen molar-refractivity contribution >= 4 is 11.9 Å². The van der Waals surface area contributed by atoms with Gasteiger partial charge in [-0.2, -0.15) is 0 Å². The van der Waals surface area contributed by atoms with Crippen LogP contribution < -0.4 is 5.32 Å². The fraction of sp³-hybridized carbons (Fsp3) is 0.600. The number of amides is 1. The summed E-state index contributed by atoms with van der Waals surface area (Å²) in [4.78, 5) is 24.8. The van der Waals surface area contributed by atoms with Crippen LogP contribution >= 0.6 is 0 Å². The molecule has 2 aliphatic carbocycles. The molecule has 0 unspecified atom stereocenters. The Balaban J connectivity index is 1.57. The zero-order valence-electron chi connectivity index (χ0n) is 14.3. The van der Waals surface area contributed by atoms with E-state index in [0.717, 1.165) is 44.1 Å². The number of rotatable bonds is 5. The van der Waals surface area contributed by atoms with E-state index in [1.165, 1.54) is 19.3 Å². The number of carbonyl (C=O) groups is 2. The van der Waals surface area contributed by atoms with Gasteiger partial charge in [-0.15, -0.1) is 0 Å². The van der Waals surface area contributed by atoms with Crippen LogP contribution in [0.3, 0.4) is 0 Å². The topological polar surface area (TPSA) is 55.4 Å². The minimum Gasteiger partial charge on any atom is -0.455 e. The maximum Gasteiger partial charge on any atom is 0.317 e. The highest BCUT2D eigenvalue weighted by molar-refractivity contribution is 5.86. The van der Waals surface area contributed by atoms with Crippen molar-refractivity contribution in [3.63, 3.8) is 0 Å². The Morgan fingerprint density at radius 3 is 2.33 bits per heavy atom. The van der Waals surface area contributed by atoms with Gasteiger partial charge in [-0.05, 0) is 31.2 Å². The van der Waals surface area contributed by atoms with Gasteiger partial charge < -0.3 is 10.1 Å². The second-order valence-electron chi connectivity index (χ2n) is 7.13. The van der Waals surface area contributed by atoms with Gasteiger partial charge in [-0.25, -0.2) is 0 Å². The van der Waals surface area contributed by atoms with Crippen molar-refractivity contribution in [2.45, 2.75) is 69.2 Å². The summed E-state index contributed by atoms with van der Waals surface area (Å²) >= 11 is 0. The number of hydrogen-bond acceptors (Lipinski definition) is 3. The van der Waals surface area contributed by atoms with Crippen LogP contribution in [0.25, 0.3) is 0 Å². The molecule has 4 nitrogen and oxygen atoms in total. The van der Waals surface area contributed by atoms with Crippen molar-refractivity contribution in [1.82, 2.24) is 5.32 Å². The average molecular weight is 329 g/mol. The van der Waals surface area contributed by atoms with E-state index >= 15 is 0 Å². The quantitative estimate of drug-likeness (QED) is 0.841. The molecule has 1 amide bonds. The first kappa shape index (κ1) is 17.0. The highest BCUT2D eigenvalue weighted by Gasteiger charge is 2.44. The Hall–Kier alpha value is -1.84. The van der Waals surface area contributed by atoms with E-state index in [1.807, 2.05) is 30.3 Å². The second-order valence-corrected chi connectivity index (χ2v) is 7.13. The zero-order chi connectivity index (χ0) is 16.8. The van der Waals surface area contributed by atoms with Gasteiger partial charge in [0.15, 0.2) is 6.61 Å². The molecule has 1 N–H and O–H groups in total. The predicted molar refractivity (Wildman–Crippen MR) is 92.6 cm³/mol. The molecular formula is C20H27NO3. The summed E-state index contributed by atoms with van der Waals surface area (Å²) in [6.45, 7) is -0.163. The van der Waals surface area contributed by atoms with Crippen LogP contribution in [0.5, 0.6) is 0 Å². The monoisotopic (exact) mass is 329 g/mol. The molecule has 0 atom stereocenters. The first-order valence-corrected chi connectivity index (χ1v) is 9.23. The average Bonchev–Trinajstić information content (AvgIpc) is 3.12. The molecule has 0 saturated heterocycles. The molecule has 0 spiro atoms. The molecule has 24 heavy (non-hydrogen) atoms. The normalized spacial score (nSPS) is 20.5. The Morgan fingerprint density at radius 2 is 1.67 bits per heavy atom. The number of hydrogen-bond donors (Lipinski definition) is 1. The Kier molecular flexibility index (Phi) is 5.54. The van der Waals surface area contributed by atoms with Gasteiger partial charge >= 0.3 is 5.97 Å². The highest BCUT2D eigenvalue weighted by Crippen LogP contribution is 2.42. The maximum absolute atomic E-state index is 12.8. The van der Waals surface area contributed by atoms with E-state index in [9.17, 15) is 9.59 Å². The van der Waals surface area contributed by atoms with Gasteiger partial charge in [-0.1, -0.05) is 62.4 Å². The fourth-order valence-electron chi connectivity index (χ4n) is 4.13. The first-order chi connectivity index (χ1) is 11.7. The van der Waals surface area contributed by atoms with Gasteiger partial charge in [-0.3, -0.25) is 9.59 Å². The lowest BCUT2D eigenvalue weighted by molar-refractivity contribution is -0.154. The molecule has 0 aliphatic heterocycles. The van der Waals surface area contributed by atoms with Gasteiger partial charge in [0, 0.05) is 6.04 Å². The number of nitrogens with one attached hydrogen (secondary N) is 1. The van der Waals surface area contributed by atoms with Crippen LogP contribution in [0.1, 0.15) is 63.4 Å². The van der Waals surface area contributed by atoms with Crippen LogP contribution in [0, 0.1) is 0 Å². The molecule has 0 radical (unpaired) electrons. The van der Waals surface area contributed by atoms with Crippen molar-refractivity contribution in [1.29, 1.82) is 0 Å². The minimum absolute atomic E-state index is 0.163. The Morgan fingerprint density at radius 1 is 1.00 bits per heavy atom. The number of esters is 1. The third-order valence-corrected chi connectivity index (χ3v) is 5.48. The van der Waals surface area contributed by atoms with E-state index in [4.69, 9.17) is 4.74 Å². The fourth-order valence-corrected chi connectivity index (χ4v) is 4.13. The van der Waals surface area contributed by atoms with Gasteiger partial charge in [0.05, 0.1) is 5.41 Å². The molecule has 3 rings (SSSR count). The Labute approximate surface area is 144 Å². The van der Waals surface area contributed by atoms with Crippen LogP contribution in [0.2, 0.25) is 0 Å². The first-order valence-electron chi connectivity index (χ1n) is 9.23. The predicted octanol–water partition coefficient (Wildman–Crippen LogP) is 3.49. The van der Waals surface area contributed by atoms with E-state index in [2.05, 4.69) is 5.32 Å². The third-order valence-electron chi connectivity index (χ3n) is 5.48. The maximum atomic E-state index is 12.8.